The van der Waals surface area contributed by atoms with Gasteiger partial charge in [0.05, 0.1) is 11.4 Å². The smallest absolute Gasteiger partial charge is 0.264 e. The summed E-state index contributed by atoms with van der Waals surface area (Å²) in [6.07, 6.45) is 2.18. The largest absolute Gasteiger partial charge is 0.458 e. The molecule has 0 N–H and O–H groups in total. The average Bonchev–Trinajstić information content (AvgIpc) is 3.59. The monoisotopic (exact) mass is 786 g/mol. The Hall–Kier alpha value is -5.82. The summed E-state index contributed by atoms with van der Waals surface area (Å²) < 4.78 is 19.0. The fourth-order valence-electron chi connectivity index (χ4n) is 9.63. The van der Waals surface area contributed by atoms with Crippen LogP contribution in [0.15, 0.2) is 133 Å². The lowest BCUT2D eigenvalue weighted by atomic mass is 9.32. The quantitative estimate of drug-likeness (QED) is 0.128. The number of anilines is 5. The highest BCUT2D eigenvalue weighted by Gasteiger charge is 2.44. The molecule has 0 bridgehead atoms. The maximum atomic E-state index is 7.21. The van der Waals surface area contributed by atoms with E-state index < -0.39 is 0 Å². The molecule has 1 aromatic heterocycles. The number of rotatable bonds is 5. The third-order valence-electron chi connectivity index (χ3n) is 12.3. The van der Waals surface area contributed by atoms with Gasteiger partial charge in [0, 0.05) is 44.2 Å². The lowest BCUT2D eigenvalue weighted by Gasteiger charge is -2.40. The summed E-state index contributed by atoms with van der Waals surface area (Å²) in [6.45, 7) is 11.1. The zero-order valence-electron chi connectivity index (χ0n) is 33.4. The normalized spacial score (nSPS) is 13.2. The third kappa shape index (κ3) is 5.31. The number of benzene rings is 7. The second-order valence-corrected chi connectivity index (χ2v) is 17.8. The van der Waals surface area contributed by atoms with Crippen LogP contribution < -0.4 is 50.8 Å². The van der Waals surface area contributed by atoms with Crippen LogP contribution in [0.3, 0.4) is 0 Å². The maximum absolute atomic E-state index is 7.21. The minimum absolute atomic E-state index is 0.0149. The highest BCUT2D eigenvalue weighted by molar-refractivity contribution is 8.00. The third-order valence-corrected chi connectivity index (χ3v) is 14.3. The van der Waals surface area contributed by atoms with Crippen molar-refractivity contribution in [1.82, 2.24) is 0 Å². The van der Waals surface area contributed by atoms with Crippen molar-refractivity contribution in [3.05, 3.63) is 161 Å². The minimum Gasteiger partial charge on any atom is -0.458 e. The van der Waals surface area contributed by atoms with Gasteiger partial charge in [0.25, 0.3) is 13.4 Å². The molecule has 4 nitrogen and oxygen atoms in total. The number of aryl methyl sites for hydroxylation is 5. The molecule has 0 spiro atoms. The molecule has 0 saturated heterocycles. The van der Waals surface area contributed by atoms with E-state index in [9.17, 15) is 0 Å². The lowest BCUT2D eigenvalue weighted by molar-refractivity contribution is 0.487. The van der Waals surface area contributed by atoms with E-state index in [-0.39, 0.29) is 13.4 Å². The number of hydrogen-bond donors (Lipinski definition) is 0. The Bertz CT molecular complexity index is 2940. The standard InChI is InChI=1S/C50H40B2N2O2S2/c1-29-21-33(5)47-44(22-29)56-49-37-19-13-14-20-46(37)58-50(49)52(47)38-28-40-43(25-32(38)4)55-45-27-36(53(34-15-9-7-10-16-34)35-17-11-8-12-18-35)26-42-48(45)51(40)39-23-30(2)31(3)24-41(39)54(42)57-6/h7-28H,1-6H3. The van der Waals surface area contributed by atoms with Crippen LogP contribution in [0.1, 0.15) is 27.8 Å². The van der Waals surface area contributed by atoms with E-state index in [1.165, 1.54) is 75.7 Å². The van der Waals surface area contributed by atoms with Gasteiger partial charge in [-0.25, -0.2) is 0 Å². The fourth-order valence-corrected chi connectivity index (χ4v) is 11.6. The fraction of sp³-hybridized carbons (Fsp3) is 0.120. The van der Waals surface area contributed by atoms with E-state index in [4.69, 9.17) is 9.47 Å². The molecule has 11 rings (SSSR count). The molecule has 3 aliphatic heterocycles. The Kier molecular flexibility index (Phi) is 8.15. The van der Waals surface area contributed by atoms with E-state index in [1.807, 2.05) is 11.3 Å². The first-order chi connectivity index (χ1) is 28.3. The van der Waals surface area contributed by atoms with Crippen molar-refractivity contribution >= 4 is 107 Å². The number of ether oxygens (including phenoxy) is 2. The van der Waals surface area contributed by atoms with Crippen molar-refractivity contribution in [1.29, 1.82) is 0 Å². The molecule has 280 valence electrons. The van der Waals surface area contributed by atoms with Crippen molar-refractivity contribution in [3.63, 3.8) is 0 Å². The van der Waals surface area contributed by atoms with Crippen LogP contribution in [0, 0.1) is 34.6 Å². The van der Waals surface area contributed by atoms with Crippen LogP contribution in [0.4, 0.5) is 28.4 Å². The summed E-state index contributed by atoms with van der Waals surface area (Å²) in [6, 6.07) is 48.7. The van der Waals surface area contributed by atoms with Crippen molar-refractivity contribution in [3.8, 4) is 23.0 Å². The molecule has 0 fully saturated rings. The predicted octanol–water partition coefficient (Wildman–Crippen LogP) is 9.89. The zero-order chi connectivity index (χ0) is 39.4. The summed E-state index contributed by atoms with van der Waals surface area (Å²) in [7, 11) is 0. The summed E-state index contributed by atoms with van der Waals surface area (Å²) in [5.41, 5.74) is 18.1. The van der Waals surface area contributed by atoms with E-state index in [1.54, 1.807) is 11.9 Å². The van der Waals surface area contributed by atoms with Gasteiger partial charge >= 0.3 is 0 Å². The Morgan fingerprint density at radius 2 is 1.22 bits per heavy atom. The number of para-hydroxylation sites is 2. The Morgan fingerprint density at radius 1 is 0.534 bits per heavy atom. The van der Waals surface area contributed by atoms with Crippen molar-refractivity contribution in [2.24, 2.45) is 0 Å². The first-order valence-corrected chi connectivity index (χ1v) is 21.9. The SMILES string of the molecule is CSN1c2cc(C)c(C)cc2B2c3cc(B4c5sc6ccccc6c5Oc5cc(C)cc(C)c54)c(C)cc3Oc3cc(N(c4ccccc4)c4ccccc4)cc1c32. The molecule has 0 atom stereocenters. The van der Waals surface area contributed by atoms with Gasteiger partial charge < -0.3 is 14.4 Å². The molecule has 58 heavy (non-hydrogen) atoms. The van der Waals surface area contributed by atoms with E-state index in [0.29, 0.717) is 0 Å². The van der Waals surface area contributed by atoms with Gasteiger partial charge in [0.15, 0.2) is 0 Å². The second kappa shape index (κ2) is 13.4. The molecular weight excluding hydrogens is 746 g/mol. The molecule has 8 heteroatoms. The van der Waals surface area contributed by atoms with Crippen LogP contribution in [0.2, 0.25) is 0 Å². The van der Waals surface area contributed by atoms with Gasteiger partial charge in [0.1, 0.15) is 23.0 Å². The molecule has 7 aromatic carbocycles. The molecule has 8 aromatic rings. The highest BCUT2D eigenvalue weighted by atomic mass is 32.2. The Balaban J connectivity index is 1.16. The highest BCUT2D eigenvalue weighted by Crippen LogP contribution is 2.45. The van der Waals surface area contributed by atoms with Crippen LogP contribution in [-0.2, 0) is 0 Å². The van der Waals surface area contributed by atoms with Gasteiger partial charge in [-0.3, -0.25) is 4.31 Å². The molecule has 4 heterocycles. The first-order valence-electron chi connectivity index (χ1n) is 19.9. The Morgan fingerprint density at radius 3 is 1.97 bits per heavy atom. The van der Waals surface area contributed by atoms with Crippen LogP contribution in [0.5, 0.6) is 23.0 Å². The van der Waals surface area contributed by atoms with Gasteiger partial charge in [-0.1, -0.05) is 83.3 Å². The number of thiophene rings is 1. The summed E-state index contributed by atoms with van der Waals surface area (Å²) in [4.78, 5) is 2.34. The minimum atomic E-state index is -0.0259. The van der Waals surface area contributed by atoms with E-state index in [2.05, 4.69) is 184 Å². The van der Waals surface area contributed by atoms with Crippen LogP contribution in [0.25, 0.3) is 10.1 Å². The molecule has 3 aliphatic rings. The molecule has 0 unspecified atom stereocenters. The maximum Gasteiger partial charge on any atom is 0.264 e. The topological polar surface area (TPSA) is 24.9 Å². The van der Waals surface area contributed by atoms with Crippen molar-refractivity contribution in [2.45, 2.75) is 34.6 Å². The molecular formula is C50H40B2N2O2S2. The number of fused-ring (bicyclic) bond motifs is 8. The van der Waals surface area contributed by atoms with E-state index >= 15 is 0 Å². The predicted molar refractivity (Wildman–Crippen MR) is 251 cm³/mol. The summed E-state index contributed by atoms with van der Waals surface area (Å²) >= 11 is 3.61. The van der Waals surface area contributed by atoms with Gasteiger partial charge in [-0.05, 0) is 146 Å². The number of hydrogen-bond acceptors (Lipinski definition) is 6. The molecule has 0 aliphatic carbocycles. The molecule has 0 radical (unpaired) electrons. The van der Waals surface area contributed by atoms with Crippen molar-refractivity contribution in [2.75, 3.05) is 15.5 Å². The van der Waals surface area contributed by atoms with Gasteiger partial charge in [-0.15, -0.1) is 11.3 Å². The zero-order valence-corrected chi connectivity index (χ0v) is 35.0. The van der Waals surface area contributed by atoms with Gasteiger partial charge in [-0.2, -0.15) is 0 Å². The van der Waals surface area contributed by atoms with Crippen molar-refractivity contribution < 1.29 is 9.47 Å². The van der Waals surface area contributed by atoms with Crippen LogP contribution in [-0.4, -0.2) is 19.7 Å². The summed E-state index contributed by atoms with van der Waals surface area (Å²) in [5, 5.41) is 1.18. The first kappa shape index (κ1) is 35.4. The molecule has 0 amide bonds. The van der Waals surface area contributed by atoms with Gasteiger partial charge in [0.2, 0.25) is 0 Å². The Labute approximate surface area is 349 Å². The summed E-state index contributed by atoms with van der Waals surface area (Å²) in [5.74, 6) is 3.76. The lowest BCUT2D eigenvalue weighted by Crippen LogP contribution is -2.62. The molecule has 0 saturated carbocycles. The van der Waals surface area contributed by atoms with E-state index in [0.717, 1.165) is 45.7 Å². The second-order valence-electron chi connectivity index (χ2n) is 16.0. The average molecular weight is 787 g/mol. The number of nitrogens with zero attached hydrogens (tertiary/aromatic N) is 2. The van der Waals surface area contributed by atoms with Crippen LogP contribution >= 0.6 is 23.3 Å².